The van der Waals surface area contributed by atoms with E-state index in [0.29, 0.717) is 47.2 Å². The van der Waals surface area contributed by atoms with Crippen molar-refractivity contribution < 1.29 is 18.3 Å². The van der Waals surface area contributed by atoms with Gasteiger partial charge < -0.3 is 14.5 Å². The molecule has 6 rings (SSSR count). The molecule has 188 valence electrons. The number of rotatable bonds is 5. The molecule has 4 heterocycles. The molecule has 2 saturated heterocycles. The Kier molecular flexibility index (Phi) is 5.67. The molecule has 0 unspecified atom stereocenters. The van der Waals surface area contributed by atoms with E-state index in [4.69, 9.17) is 16.3 Å². The average molecular weight is 522 g/mol. The smallest absolute Gasteiger partial charge is 0.319 e. The van der Waals surface area contributed by atoms with Gasteiger partial charge in [-0.05, 0) is 30.9 Å². The van der Waals surface area contributed by atoms with E-state index in [1.807, 2.05) is 4.90 Å². The molecule has 37 heavy (non-hydrogen) atoms. The summed E-state index contributed by atoms with van der Waals surface area (Å²) >= 11 is 6.30. The Labute approximate surface area is 216 Å². The van der Waals surface area contributed by atoms with Crippen molar-refractivity contribution >= 4 is 45.0 Å². The molecule has 2 aromatic heterocycles. The van der Waals surface area contributed by atoms with Crippen LogP contribution in [0.5, 0.6) is 6.01 Å². The quantitative estimate of drug-likeness (QED) is 0.338. The molecule has 2 aliphatic rings. The highest BCUT2D eigenvalue weighted by Gasteiger charge is 2.49. The maximum atomic E-state index is 16.2. The molecule has 2 atom stereocenters. The monoisotopic (exact) mass is 521 g/mol. The van der Waals surface area contributed by atoms with Gasteiger partial charge in [-0.3, -0.25) is 9.78 Å². The Bertz CT molecular complexity index is 1600. The van der Waals surface area contributed by atoms with E-state index in [-0.39, 0.29) is 40.2 Å². The topological polar surface area (TPSA) is 71.5 Å². The van der Waals surface area contributed by atoms with E-state index in [2.05, 4.69) is 21.5 Å². The number of amides is 1. The van der Waals surface area contributed by atoms with Crippen molar-refractivity contribution in [3.63, 3.8) is 0 Å². The van der Waals surface area contributed by atoms with Gasteiger partial charge in [0.05, 0.1) is 29.1 Å². The van der Waals surface area contributed by atoms with Crippen LogP contribution < -0.4 is 9.64 Å². The first-order valence-corrected chi connectivity index (χ1v) is 12.4. The molecular formula is C27H22ClF2N5O2. The van der Waals surface area contributed by atoms with Crippen LogP contribution in [0.3, 0.4) is 0 Å². The SMILES string of the molecule is C=CC(=O)N1CC[C@@H]2[C@H]1CN2c1nc(OCC)nc2c(F)c(-c3cccc4ccc(F)c(Cl)c34)ncc12. The zero-order valence-corrected chi connectivity index (χ0v) is 20.7. The molecule has 0 aliphatic carbocycles. The van der Waals surface area contributed by atoms with Crippen molar-refractivity contribution in [3.8, 4) is 17.3 Å². The highest BCUT2D eigenvalue weighted by molar-refractivity contribution is 6.36. The molecule has 2 aromatic carbocycles. The van der Waals surface area contributed by atoms with Crippen LogP contribution in [-0.4, -0.2) is 57.5 Å². The molecular weight excluding hydrogens is 500 g/mol. The fourth-order valence-corrected chi connectivity index (χ4v) is 5.66. The molecule has 0 radical (unpaired) electrons. The highest BCUT2D eigenvalue weighted by Crippen LogP contribution is 2.41. The number of ether oxygens (including phenoxy) is 1. The lowest BCUT2D eigenvalue weighted by atomic mass is 9.96. The standard InChI is InChI=1S/C27H22ClF2N5O2/c1-3-20(36)34-11-10-18-19(34)13-35(18)26-16-12-31-24(23(30)25(16)32-27(33-26)37-4-2)15-7-5-6-14-8-9-17(29)22(28)21(14)15/h3,5-9,12,18-19H,1,4,10-11,13H2,2H3/t18-,19-/m1/s1. The number of carbonyl (C=O) groups excluding carboxylic acids is 1. The third-order valence-electron chi connectivity index (χ3n) is 7.13. The van der Waals surface area contributed by atoms with Gasteiger partial charge in [0.1, 0.15) is 22.8 Å². The summed E-state index contributed by atoms with van der Waals surface area (Å²) in [6.07, 6.45) is 3.61. The summed E-state index contributed by atoms with van der Waals surface area (Å²) in [5, 5.41) is 1.36. The molecule has 10 heteroatoms. The minimum Gasteiger partial charge on any atom is -0.464 e. The molecule has 2 aliphatic heterocycles. The minimum atomic E-state index is -0.679. The number of anilines is 1. The first-order chi connectivity index (χ1) is 17.9. The van der Waals surface area contributed by atoms with Crippen LogP contribution in [0.2, 0.25) is 5.02 Å². The van der Waals surface area contributed by atoms with Gasteiger partial charge in [-0.1, -0.05) is 42.4 Å². The summed E-state index contributed by atoms with van der Waals surface area (Å²) in [4.78, 5) is 29.4. The van der Waals surface area contributed by atoms with Gasteiger partial charge in [0.15, 0.2) is 5.82 Å². The average Bonchev–Trinajstić information content (AvgIpc) is 3.22. The number of likely N-dealkylation sites (tertiary alicyclic amines) is 1. The number of pyridine rings is 1. The number of hydrogen-bond donors (Lipinski definition) is 0. The number of halogens is 3. The number of hydrogen-bond acceptors (Lipinski definition) is 6. The molecule has 2 fully saturated rings. The lowest BCUT2D eigenvalue weighted by molar-refractivity contribution is -0.127. The predicted molar refractivity (Wildman–Crippen MR) is 138 cm³/mol. The zero-order valence-electron chi connectivity index (χ0n) is 19.9. The van der Waals surface area contributed by atoms with Crippen molar-refractivity contribution in [1.82, 2.24) is 19.9 Å². The van der Waals surface area contributed by atoms with Crippen molar-refractivity contribution in [1.29, 1.82) is 0 Å². The number of aromatic nitrogens is 3. The van der Waals surface area contributed by atoms with Gasteiger partial charge in [0.25, 0.3) is 0 Å². The normalized spacial score (nSPS) is 18.7. The molecule has 0 saturated carbocycles. The second-order valence-electron chi connectivity index (χ2n) is 9.02. The molecule has 0 N–H and O–H groups in total. The second kappa shape index (κ2) is 8.92. The fourth-order valence-electron chi connectivity index (χ4n) is 5.38. The molecule has 7 nitrogen and oxygen atoms in total. The summed E-state index contributed by atoms with van der Waals surface area (Å²) in [5.74, 6) is -0.874. The third-order valence-corrected chi connectivity index (χ3v) is 7.50. The number of carbonyl (C=O) groups is 1. The summed E-state index contributed by atoms with van der Waals surface area (Å²) in [6.45, 7) is 6.85. The lowest BCUT2D eigenvalue weighted by Crippen LogP contribution is -2.63. The summed E-state index contributed by atoms with van der Waals surface area (Å²) in [7, 11) is 0. The Morgan fingerprint density at radius 3 is 2.86 bits per heavy atom. The third kappa shape index (κ3) is 3.60. The van der Waals surface area contributed by atoms with E-state index in [1.165, 1.54) is 18.3 Å². The fraction of sp³-hybridized carbons (Fsp3) is 0.259. The lowest BCUT2D eigenvalue weighted by Gasteiger charge is -2.47. The van der Waals surface area contributed by atoms with E-state index in [0.717, 1.165) is 6.42 Å². The zero-order chi connectivity index (χ0) is 25.8. The van der Waals surface area contributed by atoms with Crippen molar-refractivity contribution in [2.24, 2.45) is 0 Å². The maximum absolute atomic E-state index is 16.2. The Morgan fingerprint density at radius 2 is 2.08 bits per heavy atom. The van der Waals surface area contributed by atoms with Crippen molar-refractivity contribution in [2.45, 2.75) is 25.4 Å². The van der Waals surface area contributed by atoms with Gasteiger partial charge in [0, 0.05) is 30.2 Å². The van der Waals surface area contributed by atoms with Crippen LogP contribution in [0.15, 0.2) is 49.2 Å². The van der Waals surface area contributed by atoms with Crippen LogP contribution in [0.1, 0.15) is 13.3 Å². The van der Waals surface area contributed by atoms with E-state index >= 15 is 4.39 Å². The summed E-state index contributed by atoms with van der Waals surface area (Å²) in [6, 6.07) is 8.16. The number of benzene rings is 2. The van der Waals surface area contributed by atoms with Crippen molar-refractivity contribution in [3.05, 3.63) is 65.8 Å². The maximum Gasteiger partial charge on any atom is 0.319 e. The molecule has 0 spiro atoms. The van der Waals surface area contributed by atoms with Crippen LogP contribution >= 0.6 is 11.6 Å². The predicted octanol–water partition coefficient (Wildman–Crippen LogP) is 5.15. The Balaban J connectivity index is 1.49. The van der Waals surface area contributed by atoms with Crippen LogP contribution in [-0.2, 0) is 4.79 Å². The van der Waals surface area contributed by atoms with E-state index < -0.39 is 11.6 Å². The van der Waals surface area contributed by atoms with Gasteiger partial charge in [-0.2, -0.15) is 9.97 Å². The minimum absolute atomic E-state index is 0.00260. The largest absolute Gasteiger partial charge is 0.464 e. The number of fused-ring (bicyclic) bond motifs is 3. The second-order valence-corrected chi connectivity index (χ2v) is 9.40. The van der Waals surface area contributed by atoms with Gasteiger partial charge in [-0.25, -0.2) is 8.78 Å². The Hall–Kier alpha value is -3.85. The van der Waals surface area contributed by atoms with Crippen LogP contribution in [0.4, 0.5) is 14.6 Å². The molecule has 4 aromatic rings. The Morgan fingerprint density at radius 1 is 1.24 bits per heavy atom. The molecule has 1 amide bonds. The highest BCUT2D eigenvalue weighted by atomic mass is 35.5. The van der Waals surface area contributed by atoms with Crippen LogP contribution in [0, 0.1) is 11.6 Å². The van der Waals surface area contributed by atoms with E-state index in [9.17, 15) is 9.18 Å². The first kappa shape index (κ1) is 23.5. The van der Waals surface area contributed by atoms with Crippen molar-refractivity contribution in [2.75, 3.05) is 24.6 Å². The first-order valence-electron chi connectivity index (χ1n) is 12.0. The van der Waals surface area contributed by atoms with Crippen LogP contribution in [0.25, 0.3) is 32.9 Å². The summed E-state index contributed by atoms with van der Waals surface area (Å²) < 4.78 is 36.0. The van der Waals surface area contributed by atoms with Gasteiger partial charge in [0.2, 0.25) is 5.91 Å². The summed E-state index contributed by atoms with van der Waals surface area (Å²) in [5.41, 5.74) is 0.407. The number of nitrogens with zero attached hydrogens (tertiary/aromatic N) is 5. The molecule has 0 bridgehead atoms. The van der Waals surface area contributed by atoms with Gasteiger partial charge >= 0.3 is 6.01 Å². The van der Waals surface area contributed by atoms with Gasteiger partial charge in [-0.15, -0.1) is 0 Å². The van der Waals surface area contributed by atoms with E-state index in [1.54, 1.807) is 36.1 Å².